The lowest BCUT2D eigenvalue weighted by Gasteiger charge is -2.29. The maximum absolute atomic E-state index is 12.7. The molecule has 0 unspecified atom stereocenters. The summed E-state index contributed by atoms with van der Waals surface area (Å²) >= 11 is 5.95. The molecule has 2 aromatic carbocycles. The molecular weight excluding hydrogens is 424 g/mol. The van der Waals surface area contributed by atoms with Crippen molar-refractivity contribution in [1.82, 2.24) is 10.6 Å². The molecule has 162 valence electrons. The number of benzene rings is 2. The zero-order valence-corrected chi connectivity index (χ0v) is 17.7. The Morgan fingerprint density at radius 1 is 1.00 bits per heavy atom. The third-order valence-electron chi connectivity index (χ3n) is 4.53. The average Bonchev–Trinajstić information content (AvgIpc) is 2.77. The molecule has 2 aromatic rings. The van der Waals surface area contributed by atoms with Crippen LogP contribution < -0.4 is 15.4 Å². The van der Waals surface area contributed by atoms with E-state index < -0.39 is 24.0 Å². The highest BCUT2D eigenvalue weighted by Crippen LogP contribution is 2.29. The van der Waals surface area contributed by atoms with E-state index in [-0.39, 0.29) is 24.5 Å². The lowest BCUT2D eigenvalue weighted by Crippen LogP contribution is -2.47. The predicted molar refractivity (Wildman–Crippen MR) is 113 cm³/mol. The summed E-state index contributed by atoms with van der Waals surface area (Å²) in [6.07, 6.45) is 0. The summed E-state index contributed by atoms with van der Waals surface area (Å²) in [7, 11) is 1.52. The number of carbonyl (C=O) groups excluding carboxylic acids is 3. The fourth-order valence-corrected chi connectivity index (χ4v) is 3.16. The van der Waals surface area contributed by atoms with E-state index in [9.17, 15) is 14.4 Å². The van der Waals surface area contributed by atoms with Crippen molar-refractivity contribution in [1.29, 1.82) is 0 Å². The minimum Gasteiger partial charge on any atom is -0.497 e. The molecule has 0 radical (unpaired) electrons. The molecule has 31 heavy (non-hydrogen) atoms. The summed E-state index contributed by atoms with van der Waals surface area (Å²) in [5, 5.41) is 5.76. The molecule has 1 aliphatic rings. The highest BCUT2D eigenvalue weighted by molar-refractivity contribution is 6.30. The van der Waals surface area contributed by atoms with Gasteiger partial charge in [0.2, 0.25) is 0 Å². The minimum atomic E-state index is -0.792. The number of halogens is 1. The SMILES string of the molecule is CCOC(=O)C1=C(COC(=O)c2ccc(OC)cc2)NC(=O)N[C@H]1c1ccc(Cl)cc1. The van der Waals surface area contributed by atoms with Crippen LogP contribution in [0.5, 0.6) is 5.75 Å². The van der Waals surface area contributed by atoms with Crippen molar-refractivity contribution < 1.29 is 28.6 Å². The van der Waals surface area contributed by atoms with Crippen molar-refractivity contribution in [3.63, 3.8) is 0 Å². The van der Waals surface area contributed by atoms with Gasteiger partial charge < -0.3 is 24.8 Å². The number of urea groups is 1. The quantitative estimate of drug-likeness (QED) is 0.634. The molecule has 1 aliphatic heterocycles. The first-order chi connectivity index (χ1) is 14.9. The van der Waals surface area contributed by atoms with Crippen molar-refractivity contribution in [2.75, 3.05) is 20.3 Å². The van der Waals surface area contributed by atoms with E-state index in [1.807, 2.05) is 0 Å². The van der Waals surface area contributed by atoms with Gasteiger partial charge in [-0.1, -0.05) is 23.7 Å². The third kappa shape index (κ3) is 5.35. The first kappa shape index (κ1) is 22.2. The molecule has 0 saturated heterocycles. The van der Waals surface area contributed by atoms with Gasteiger partial charge in [-0.25, -0.2) is 14.4 Å². The molecule has 0 fully saturated rings. The van der Waals surface area contributed by atoms with Crippen molar-refractivity contribution in [3.8, 4) is 5.75 Å². The normalized spacial score (nSPS) is 15.6. The van der Waals surface area contributed by atoms with E-state index in [0.717, 1.165) is 0 Å². The second-order valence-electron chi connectivity index (χ2n) is 6.50. The van der Waals surface area contributed by atoms with Gasteiger partial charge in [-0.2, -0.15) is 0 Å². The number of ether oxygens (including phenoxy) is 3. The fraction of sp³-hybridized carbons (Fsp3) is 0.227. The molecule has 3 rings (SSSR count). The van der Waals surface area contributed by atoms with Crippen molar-refractivity contribution in [2.45, 2.75) is 13.0 Å². The Balaban J connectivity index is 1.88. The minimum absolute atomic E-state index is 0.141. The number of nitrogens with one attached hydrogen (secondary N) is 2. The maximum atomic E-state index is 12.7. The van der Waals surface area contributed by atoms with Gasteiger partial charge in [0.05, 0.1) is 36.6 Å². The van der Waals surface area contributed by atoms with Crippen molar-refractivity contribution >= 4 is 29.6 Å². The Kier molecular flexibility index (Phi) is 7.15. The Morgan fingerprint density at radius 3 is 2.29 bits per heavy atom. The van der Waals surface area contributed by atoms with Crippen LogP contribution in [0.2, 0.25) is 5.02 Å². The predicted octanol–water partition coefficient (Wildman–Crippen LogP) is 3.38. The van der Waals surface area contributed by atoms with Crippen LogP contribution in [0.4, 0.5) is 4.79 Å². The molecule has 2 amide bonds. The second-order valence-corrected chi connectivity index (χ2v) is 6.94. The van der Waals surface area contributed by atoms with E-state index in [0.29, 0.717) is 21.9 Å². The summed E-state index contributed by atoms with van der Waals surface area (Å²) in [5.74, 6) is -0.653. The number of hydrogen-bond donors (Lipinski definition) is 2. The molecule has 0 spiro atoms. The number of rotatable bonds is 7. The number of amides is 2. The first-order valence-corrected chi connectivity index (χ1v) is 9.85. The van der Waals surface area contributed by atoms with Crippen LogP contribution in [0.3, 0.4) is 0 Å². The number of esters is 2. The zero-order chi connectivity index (χ0) is 22.4. The maximum Gasteiger partial charge on any atom is 0.338 e. The molecule has 0 aliphatic carbocycles. The zero-order valence-electron chi connectivity index (χ0n) is 16.9. The lowest BCUT2D eigenvalue weighted by molar-refractivity contribution is -0.139. The molecule has 0 aromatic heterocycles. The average molecular weight is 445 g/mol. The van der Waals surface area contributed by atoms with Gasteiger partial charge in [-0.3, -0.25) is 0 Å². The van der Waals surface area contributed by atoms with E-state index >= 15 is 0 Å². The van der Waals surface area contributed by atoms with Gasteiger partial charge in [0, 0.05) is 5.02 Å². The van der Waals surface area contributed by atoms with Gasteiger partial charge >= 0.3 is 18.0 Å². The number of methoxy groups -OCH3 is 1. The van der Waals surface area contributed by atoms with Crippen LogP contribution >= 0.6 is 11.6 Å². The molecular formula is C22H21ClN2O6. The van der Waals surface area contributed by atoms with E-state index in [2.05, 4.69) is 10.6 Å². The smallest absolute Gasteiger partial charge is 0.338 e. The van der Waals surface area contributed by atoms with E-state index in [1.54, 1.807) is 55.5 Å². The topological polar surface area (TPSA) is 103 Å². The Hall–Kier alpha value is -3.52. The van der Waals surface area contributed by atoms with Gasteiger partial charge in [0.15, 0.2) is 0 Å². The summed E-state index contributed by atoms with van der Waals surface area (Å²) in [6.45, 7) is 1.49. The second kappa shape index (κ2) is 9.99. The lowest BCUT2D eigenvalue weighted by atomic mass is 9.95. The summed E-state index contributed by atoms with van der Waals surface area (Å²) in [6, 6.07) is 11.7. The third-order valence-corrected chi connectivity index (χ3v) is 4.78. The Bertz CT molecular complexity index is 1000. The van der Waals surface area contributed by atoms with Gasteiger partial charge in [0.25, 0.3) is 0 Å². The van der Waals surface area contributed by atoms with Crippen molar-refractivity contribution in [2.24, 2.45) is 0 Å². The Morgan fingerprint density at radius 2 is 1.68 bits per heavy atom. The number of hydrogen-bond acceptors (Lipinski definition) is 6. The molecule has 1 atom stereocenters. The van der Waals surface area contributed by atoms with Gasteiger partial charge in [0.1, 0.15) is 12.4 Å². The largest absolute Gasteiger partial charge is 0.497 e. The van der Waals surface area contributed by atoms with Crippen molar-refractivity contribution in [3.05, 3.63) is 76.0 Å². The molecule has 8 nitrogen and oxygen atoms in total. The summed E-state index contributed by atoms with van der Waals surface area (Å²) in [5.41, 5.74) is 1.21. The number of carbonyl (C=O) groups is 3. The standard InChI is InChI=1S/C22H21ClN2O6/c1-3-30-21(27)18-17(12-31-20(26)14-6-10-16(29-2)11-7-14)24-22(28)25-19(18)13-4-8-15(23)9-5-13/h4-11,19H,3,12H2,1-2H3,(H2,24,25,28)/t19-/m0/s1. The molecule has 0 saturated carbocycles. The summed E-state index contributed by atoms with van der Waals surface area (Å²) in [4.78, 5) is 37.4. The van der Waals surface area contributed by atoms with Crippen LogP contribution in [0.1, 0.15) is 28.9 Å². The monoisotopic (exact) mass is 444 g/mol. The van der Waals surface area contributed by atoms with Crippen LogP contribution in [-0.2, 0) is 14.3 Å². The molecule has 1 heterocycles. The van der Waals surface area contributed by atoms with Crippen LogP contribution in [0.15, 0.2) is 59.8 Å². The Labute approximate surface area is 184 Å². The van der Waals surface area contributed by atoms with Crippen LogP contribution in [-0.4, -0.2) is 38.3 Å². The molecule has 0 bridgehead atoms. The molecule has 2 N–H and O–H groups in total. The van der Waals surface area contributed by atoms with Crippen LogP contribution in [0.25, 0.3) is 0 Å². The van der Waals surface area contributed by atoms with E-state index in [4.69, 9.17) is 25.8 Å². The van der Waals surface area contributed by atoms with Gasteiger partial charge in [-0.05, 0) is 48.9 Å². The molecule has 9 heteroatoms. The highest BCUT2D eigenvalue weighted by Gasteiger charge is 2.34. The summed E-state index contributed by atoms with van der Waals surface area (Å²) < 4.78 is 15.6. The highest BCUT2D eigenvalue weighted by atomic mass is 35.5. The fourth-order valence-electron chi connectivity index (χ4n) is 3.04. The van der Waals surface area contributed by atoms with E-state index in [1.165, 1.54) is 7.11 Å². The van der Waals surface area contributed by atoms with Gasteiger partial charge in [-0.15, -0.1) is 0 Å². The van der Waals surface area contributed by atoms with Crippen LogP contribution in [0, 0.1) is 0 Å². The first-order valence-electron chi connectivity index (χ1n) is 9.47.